The number of aliphatic hydroxyl groups is 2. The number of aliphatic hydroxyl groups excluding tert-OH is 2. The van der Waals surface area contributed by atoms with E-state index in [2.05, 4.69) is 53.2 Å². The third-order valence-corrected chi connectivity index (χ3v) is 14.4. The van der Waals surface area contributed by atoms with Crippen molar-refractivity contribution in [3.8, 4) is 0 Å². The number of amides is 10. The maximum atomic E-state index is 14.6. The topological polar surface area (TPSA) is 436 Å². The van der Waals surface area contributed by atoms with E-state index < -0.39 is 145 Å². The van der Waals surface area contributed by atoms with Crippen molar-refractivity contribution < 1.29 is 58.2 Å². The number of nitrogens with two attached hydrogens (primary N) is 4. The second-order valence-electron chi connectivity index (χ2n) is 21.5. The lowest BCUT2D eigenvalue weighted by molar-refractivity contribution is -0.136. The third-order valence-electron chi connectivity index (χ3n) is 14.4. The van der Waals surface area contributed by atoms with Crippen molar-refractivity contribution >= 4 is 59.1 Å². The van der Waals surface area contributed by atoms with Crippen molar-refractivity contribution in [3.05, 3.63) is 71.8 Å². The van der Waals surface area contributed by atoms with Crippen LogP contribution in [-0.4, -0.2) is 169 Å². The number of hydrogen-bond donors (Lipinski definition) is 16. The Labute approximate surface area is 479 Å². The fourth-order valence-corrected chi connectivity index (χ4v) is 10.0. The quantitative estimate of drug-likeness (QED) is 0.0539. The van der Waals surface area contributed by atoms with Crippen LogP contribution in [0.1, 0.15) is 109 Å². The first kappa shape index (κ1) is 67.4. The fraction of sp³-hybridized carbons (Fsp3) is 0.607. The van der Waals surface area contributed by atoms with Crippen molar-refractivity contribution in [1.82, 2.24) is 53.2 Å². The predicted molar refractivity (Wildman–Crippen MR) is 304 cm³/mol. The Morgan fingerprint density at radius 1 is 0.561 bits per heavy atom. The van der Waals surface area contributed by atoms with E-state index in [-0.39, 0.29) is 76.5 Å². The molecule has 1 saturated carbocycles. The molecule has 2 aliphatic rings. The van der Waals surface area contributed by atoms with E-state index in [0.29, 0.717) is 5.56 Å². The summed E-state index contributed by atoms with van der Waals surface area (Å²) in [5.41, 5.74) is 25.0. The first-order valence-corrected chi connectivity index (χ1v) is 28.4. The van der Waals surface area contributed by atoms with Crippen molar-refractivity contribution in [2.75, 3.05) is 32.7 Å². The van der Waals surface area contributed by atoms with Crippen LogP contribution in [0, 0.1) is 11.8 Å². The van der Waals surface area contributed by atoms with Gasteiger partial charge >= 0.3 is 0 Å². The van der Waals surface area contributed by atoms with Crippen LogP contribution in [0.25, 0.3) is 0 Å². The van der Waals surface area contributed by atoms with E-state index in [1.807, 2.05) is 18.2 Å². The van der Waals surface area contributed by atoms with Crippen LogP contribution in [0.2, 0.25) is 0 Å². The molecule has 1 saturated heterocycles. The van der Waals surface area contributed by atoms with Gasteiger partial charge in [-0.1, -0.05) is 87.4 Å². The molecular weight excluding hydrogens is 1060 g/mol. The van der Waals surface area contributed by atoms with Crippen LogP contribution in [0.15, 0.2) is 60.7 Å². The van der Waals surface area contributed by atoms with Gasteiger partial charge in [0, 0.05) is 13.0 Å². The fourth-order valence-electron chi connectivity index (χ4n) is 10.0. The number of hydrogen-bond acceptors (Lipinski definition) is 16. The SMILES string of the molecule is CC(C)CC1NC(=O)C(Cc2ccccc2)NC(=O)[C@H](CCN)NC(=O)C(NC(=O)[C@H](CCN)NC(=O)[C@@H](NC(=O)C(c2ccccc2)C2CCCC2)[C@@H](C)O)CCNC(=O)[C@H]([C@@H](C)O)NC(=O)[C@H](CCN)NC(=O)C(CCN)NC1=O. The van der Waals surface area contributed by atoms with Gasteiger partial charge in [-0.3, -0.25) is 47.9 Å². The first-order chi connectivity index (χ1) is 39.1. The van der Waals surface area contributed by atoms with Crippen LogP contribution >= 0.6 is 0 Å². The zero-order valence-corrected chi connectivity index (χ0v) is 47.5. The molecular formula is C56H88N14O12. The Morgan fingerprint density at radius 2 is 1.05 bits per heavy atom. The summed E-state index contributed by atoms with van der Waals surface area (Å²) in [5, 5.41) is 47.7. The van der Waals surface area contributed by atoms with Gasteiger partial charge < -0.3 is 86.3 Å². The molecule has 2 aromatic rings. The summed E-state index contributed by atoms with van der Waals surface area (Å²) >= 11 is 0. The van der Waals surface area contributed by atoms with E-state index in [9.17, 15) is 58.2 Å². The van der Waals surface area contributed by atoms with Crippen molar-refractivity contribution in [2.45, 2.75) is 171 Å². The molecule has 0 radical (unpaired) electrons. The van der Waals surface area contributed by atoms with Crippen LogP contribution in [0.3, 0.4) is 0 Å². The molecule has 2 fully saturated rings. The van der Waals surface area contributed by atoms with Gasteiger partial charge in [-0.15, -0.1) is 0 Å². The molecule has 1 aliphatic heterocycles. The van der Waals surface area contributed by atoms with Gasteiger partial charge in [-0.2, -0.15) is 0 Å². The predicted octanol–water partition coefficient (Wildman–Crippen LogP) is -3.71. The van der Waals surface area contributed by atoms with Crippen LogP contribution in [0.5, 0.6) is 0 Å². The molecule has 2 aromatic carbocycles. The lowest BCUT2D eigenvalue weighted by atomic mass is 9.84. The summed E-state index contributed by atoms with van der Waals surface area (Å²) < 4.78 is 0. The molecule has 12 atom stereocenters. The highest BCUT2D eigenvalue weighted by atomic mass is 16.3. The Balaban J connectivity index is 1.73. The van der Waals surface area contributed by atoms with Gasteiger partial charge in [0.1, 0.15) is 54.4 Å². The van der Waals surface area contributed by atoms with Gasteiger partial charge in [0.15, 0.2) is 0 Å². The molecule has 454 valence electrons. The molecule has 5 unspecified atom stereocenters. The summed E-state index contributed by atoms with van der Waals surface area (Å²) in [4.78, 5) is 142. The normalized spacial score (nSPS) is 24.1. The van der Waals surface area contributed by atoms with Crippen LogP contribution in [0.4, 0.5) is 0 Å². The van der Waals surface area contributed by atoms with Crippen molar-refractivity contribution in [3.63, 3.8) is 0 Å². The molecule has 20 N–H and O–H groups in total. The van der Waals surface area contributed by atoms with Gasteiger partial charge in [0.25, 0.3) is 0 Å². The zero-order chi connectivity index (χ0) is 60.5. The van der Waals surface area contributed by atoms with Crippen molar-refractivity contribution in [1.29, 1.82) is 0 Å². The number of benzene rings is 2. The average Bonchev–Trinajstić information content (AvgIpc) is 4.13. The molecule has 82 heavy (non-hydrogen) atoms. The van der Waals surface area contributed by atoms with E-state index in [0.717, 1.165) is 31.2 Å². The van der Waals surface area contributed by atoms with E-state index in [1.165, 1.54) is 13.8 Å². The number of carbonyl (C=O) groups excluding carboxylic acids is 10. The average molecular weight is 1150 g/mol. The number of nitrogens with one attached hydrogen (secondary N) is 10. The largest absolute Gasteiger partial charge is 0.391 e. The van der Waals surface area contributed by atoms with Gasteiger partial charge in [0.2, 0.25) is 59.1 Å². The Hall–Kier alpha value is -7.10. The van der Waals surface area contributed by atoms with Gasteiger partial charge in [-0.25, -0.2) is 0 Å². The highest BCUT2D eigenvalue weighted by Gasteiger charge is 2.39. The number of carbonyl (C=O) groups is 10. The minimum atomic E-state index is -1.66. The third kappa shape index (κ3) is 21.0. The van der Waals surface area contributed by atoms with E-state index in [1.54, 1.807) is 56.3 Å². The second kappa shape index (κ2) is 34.4. The lowest BCUT2D eigenvalue weighted by Gasteiger charge is -2.29. The molecule has 1 aliphatic carbocycles. The zero-order valence-electron chi connectivity index (χ0n) is 47.5. The molecule has 4 rings (SSSR count). The standard InChI is InChI=1S/C56H88N14O12/c1-31(2)29-42-52(78)64-37(19-24-57)47(73)63-40(22-27-60)51(77)69-45(32(3)71)55(81)61-28-23-41(50(76)62-38(20-25-58)49(75)68-43(53(79)67-42)30-34-13-7-5-8-14-34)65-48(74)39(21-26-59)66-56(82)46(33(4)72)70-54(80)44(36-17-11-12-18-36)35-15-9-6-10-16-35/h5-10,13-16,31-33,36-46,71-72H,11-12,17-30,57-60H2,1-4H3,(H,61,81)(H,62,76)(H,63,73)(H,64,78)(H,65,74)(H,66,82)(H,67,79)(H,68,75)(H,69,77)(H,70,80)/t32-,33-,37?,38+,39+,40+,41?,42?,43?,44?,45+,46+/m1/s1. The maximum Gasteiger partial charge on any atom is 0.245 e. The minimum Gasteiger partial charge on any atom is -0.391 e. The summed E-state index contributed by atoms with van der Waals surface area (Å²) in [5.74, 6) is -9.49. The van der Waals surface area contributed by atoms with Gasteiger partial charge in [-0.05, 0) is 114 Å². The second-order valence-corrected chi connectivity index (χ2v) is 21.5. The summed E-state index contributed by atoms with van der Waals surface area (Å²) in [7, 11) is 0. The minimum absolute atomic E-state index is 0.0231. The van der Waals surface area contributed by atoms with Crippen LogP contribution < -0.4 is 76.1 Å². The Bertz CT molecular complexity index is 2430. The molecule has 1 heterocycles. The summed E-state index contributed by atoms with van der Waals surface area (Å²) in [6.07, 6.45) is -0.745. The smallest absolute Gasteiger partial charge is 0.245 e. The molecule has 26 heteroatoms. The molecule has 10 amide bonds. The Morgan fingerprint density at radius 3 is 1.56 bits per heavy atom. The van der Waals surface area contributed by atoms with Crippen LogP contribution in [-0.2, 0) is 54.4 Å². The maximum absolute atomic E-state index is 14.6. The monoisotopic (exact) mass is 1150 g/mol. The number of rotatable bonds is 22. The molecule has 26 nitrogen and oxygen atoms in total. The van der Waals surface area contributed by atoms with Gasteiger partial charge in [0.05, 0.1) is 18.1 Å². The highest BCUT2D eigenvalue weighted by molar-refractivity contribution is 5.99. The van der Waals surface area contributed by atoms with Crippen molar-refractivity contribution in [2.24, 2.45) is 34.8 Å². The molecule has 0 spiro atoms. The molecule has 0 bridgehead atoms. The van der Waals surface area contributed by atoms with E-state index >= 15 is 0 Å². The first-order valence-electron chi connectivity index (χ1n) is 28.4. The lowest BCUT2D eigenvalue weighted by Crippen LogP contribution is -2.61. The summed E-state index contributed by atoms with van der Waals surface area (Å²) in [6, 6.07) is 4.49. The van der Waals surface area contributed by atoms with E-state index in [4.69, 9.17) is 22.9 Å². The highest BCUT2D eigenvalue weighted by Crippen LogP contribution is 2.37. The Kier molecular flexibility index (Phi) is 28.3. The molecule has 0 aromatic heterocycles. The summed E-state index contributed by atoms with van der Waals surface area (Å²) in [6.45, 7) is 5.10.